The van der Waals surface area contributed by atoms with Crippen molar-refractivity contribution < 1.29 is 0 Å². The molecule has 0 saturated carbocycles. The second-order valence-corrected chi connectivity index (χ2v) is 5.25. The molecule has 0 atom stereocenters. The summed E-state index contributed by atoms with van der Waals surface area (Å²) in [6.07, 6.45) is 1.92. The summed E-state index contributed by atoms with van der Waals surface area (Å²) in [5.74, 6) is 0. The summed E-state index contributed by atoms with van der Waals surface area (Å²) in [7, 11) is 4.21. The van der Waals surface area contributed by atoms with Crippen molar-refractivity contribution in [3.05, 3.63) is 16.6 Å². The maximum Gasteiger partial charge on any atom is 0.0794 e. The number of likely N-dealkylation sites (N-methyl/N-ethyl adjacent to an activating group) is 1. The van der Waals surface area contributed by atoms with E-state index in [-0.39, 0.29) is 5.54 Å². The summed E-state index contributed by atoms with van der Waals surface area (Å²) in [4.78, 5) is 7.56. The lowest BCUT2D eigenvalue weighted by Crippen LogP contribution is -2.46. The number of nitrogens with zero attached hydrogens (tertiary/aromatic N) is 2. The number of hydrogen-bond acceptors (Lipinski definition) is 4. The molecular weight excluding hydrogens is 194 g/mol. The van der Waals surface area contributed by atoms with Crippen LogP contribution in [-0.4, -0.2) is 36.1 Å². The third kappa shape index (κ3) is 3.36. The Labute approximate surface area is 90.2 Å². The van der Waals surface area contributed by atoms with Gasteiger partial charge in [-0.2, -0.15) is 0 Å². The van der Waals surface area contributed by atoms with Crippen LogP contribution >= 0.6 is 11.3 Å². The van der Waals surface area contributed by atoms with Crippen molar-refractivity contribution in [2.75, 3.05) is 20.6 Å². The topological polar surface area (TPSA) is 28.2 Å². The Bertz CT molecular complexity index is 254. The average molecular weight is 213 g/mol. The molecule has 0 aliphatic rings. The van der Waals surface area contributed by atoms with Gasteiger partial charge in [-0.1, -0.05) is 0 Å². The van der Waals surface area contributed by atoms with Crippen molar-refractivity contribution in [3.63, 3.8) is 0 Å². The standard InChI is InChI=1S/C10H19N3S/c1-10(2,13(3)4)7-11-5-9-6-12-8-14-9/h6,8,11H,5,7H2,1-4H3. The maximum absolute atomic E-state index is 4.04. The molecule has 0 aliphatic heterocycles. The van der Waals surface area contributed by atoms with Gasteiger partial charge in [0.15, 0.2) is 0 Å². The number of thiazole rings is 1. The second kappa shape index (κ2) is 4.87. The summed E-state index contributed by atoms with van der Waals surface area (Å²) < 4.78 is 0. The first-order chi connectivity index (χ1) is 6.52. The summed E-state index contributed by atoms with van der Waals surface area (Å²) in [6.45, 7) is 6.36. The van der Waals surface area contributed by atoms with Crippen LogP contribution in [0.2, 0.25) is 0 Å². The van der Waals surface area contributed by atoms with Gasteiger partial charge in [0.2, 0.25) is 0 Å². The van der Waals surface area contributed by atoms with Crippen molar-refractivity contribution in [2.45, 2.75) is 25.9 Å². The Hall–Kier alpha value is -0.450. The minimum atomic E-state index is 0.199. The Kier molecular flexibility index (Phi) is 4.04. The molecule has 1 aromatic heterocycles. The molecule has 3 nitrogen and oxygen atoms in total. The highest BCUT2D eigenvalue weighted by Gasteiger charge is 2.19. The monoisotopic (exact) mass is 213 g/mol. The number of rotatable bonds is 5. The summed E-state index contributed by atoms with van der Waals surface area (Å²) >= 11 is 1.69. The summed E-state index contributed by atoms with van der Waals surface area (Å²) in [5, 5.41) is 3.44. The Balaban J connectivity index is 2.28. The molecule has 0 bridgehead atoms. The van der Waals surface area contributed by atoms with Crippen LogP contribution < -0.4 is 5.32 Å². The molecule has 14 heavy (non-hydrogen) atoms. The molecule has 1 aromatic rings. The van der Waals surface area contributed by atoms with E-state index in [0.717, 1.165) is 13.1 Å². The van der Waals surface area contributed by atoms with E-state index in [4.69, 9.17) is 0 Å². The highest BCUT2D eigenvalue weighted by Crippen LogP contribution is 2.09. The molecule has 0 fully saturated rings. The maximum atomic E-state index is 4.04. The van der Waals surface area contributed by atoms with E-state index in [0.29, 0.717) is 0 Å². The van der Waals surface area contributed by atoms with Crippen LogP contribution in [0.3, 0.4) is 0 Å². The highest BCUT2D eigenvalue weighted by atomic mass is 32.1. The van der Waals surface area contributed by atoms with Gasteiger partial charge in [-0.05, 0) is 27.9 Å². The smallest absolute Gasteiger partial charge is 0.0794 e. The van der Waals surface area contributed by atoms with Crippen molar-refractivity contribution in [2.24, 2.45) is 0 Å². The summed E-state index contributed by atoms with van der Waals surface area (Å²) in [5.41, 5.74) is 2.07. The predicted octanol–water partition coefficient (Wildman–Crippen LogP) is 1.57. The molecule has 80 valence electrons. The first-order valence-electron chi connectivity index (χ1n) is 4.78. The lowest BCUT2D eigenvalue weighted by atomic mass is 10.0. The van der Waals surface area contributed by atoms with Gasteiger partial charge in [-0.3, -0.25) is 4.98 Å². The lowest BCUT2D eigenvalue weighted by molar-refractivity contribution is 0.190. The number of hydrogen-bond donors (Lipinski definition) is 1. The molecule has 0 radical (unpaired) electrons. The van der Waals surface area contributed by atoms with Crippen LogP contribution in [-0.2, 0) is 6.54 Å². The van der Waals surface area contributed by atoms with Gasteiger partial charge in [0, 0.05) is 29.7 Å². The van der Waals surface area contributed by atoms with Crippen molar-refractivity contribution >= 4 is 11.3 Å². The van der Waals surface area contributed by atoms with Gasteiger partial charge in [-0.15, -0.1) is 11.3 Å². The largest absolute Gasteiger partial charge is 0.310 e. The predicted molar refractivity (Wildman–Crippen MR) is 61.6 cm³/mol. The third-order valence-corrected chi connectivity index (χ3v) is 3.33. The van der Waals surface area contributed by atoms with E-state index in [2.05, 4.69) is 43.1 Å². The van der Waals surface area contributed by atoms with Gasteiger partial charge in [0.25, 0.3) is 0 Å². The fourth-order valence-corrected chi connectivity index (χ4v) is 1.54. The average Bonchev–Trinajstić information content (AvgIpc) is 2.56. The number of nitrogens with one attached hydrogen (secondary N) is 1. The van der Waals surface area contributed by atoms with E-state index < -0.39 is 0 Å². The van der Waals surface area contributed by atoms with E-state index in [1.54, 1.807) is 11.3 Å². The van der Waals surface area contributed by atoms with Gasteiger partial charge < -0.3 is 10.2 Å². The van der Waals surface area contributed by atoms with Gasteiger partial charge >= 0.3 is 0 Å². The van der Waals surface area contributed by atoms with Crippen LogP contribution in [0.15, 0.2) is 11.7 Å². The molecular formula is C10H19N3S. The Morgan fingerprint density at radius 2 is 2.21 bits per heavy atom. The number of aromatic nitrogens is 1. The summed E-state index contributed by atoms with van der Waals surface area (Å²) in [6, 6.07) is 0. The van der Waals surface area contributed by atoms with Gasteiger partial charge in [0.05, 0.1) is 5.51 Å². The molecule has 1 rings (SSSR count). The van der Waals surface area contributed by atoms with Crippen LogP contribution in [0.5, 0.6) is 0 Å². The van der Waals surface area contributed by atoms with E-state index in [9.17, 15) is 0 Å². The first kappa shape index (κ1) is 11.6. The van der Waals surface area contributed by atoms with E-state index >= 15 is 0 Å². The molecule has 1 N–H and O–H groups in total. The van der Waals surface area contributed by atoms with Crippen LogP contribution in [0.25, 0.3) is 0 Å². The molecule has 0 spiro atoms. The zero-order valence-electron chi connectivity index (χ0n) is 9.37. The quantitative estimate of drug-likeness (QED) is 0.805. The van der Waals surface area contributed by atoms with E-state index in [1.807, 2.05) is 11.7 Å². The minimum Gasteiger partial charge on any atom is -0.310 e. The van der Waals surface area contributed by atoms with Gasteiger partial charge in [-0.25, -0.2) is 0 Å². The third-order valence-electron chi connectivity index (χ3n) is 2.55. The van der Waals surface area contributed by atoms with E-state index in [1.165, 1.54) is 4.88 Å². The van der Waals surface area contributed by atoms with Crippen molar-refractivity contribution in [1.29, 1.82) is 0 Å². The minimum absolute atomic E-state index is 0.199. The highest BCUT2D eigenvalue weighted by molar-refractivity contribution is 7.09. The zero-order valence-corrected chi connectivity index (χ0v) is 10.2. The van der Waals surface area contributed by atoms with Crippen LogP contribution in [0, 0.1) is 0 Å². The zero-order chi connectivity index (χ0) is 10.6. The van der Waals surface area contributed by atoms with Gasteiger partial charge in [0.1, 0.15) is 0 Å². The Morgan fingerprint density at radius 3 is 2.71 bits per heavy atom. The SMILES string of the molecule is CN(C)C(C)(C)CNCc1cncs1. The second-order valence-electron chi connectivity index (χ2n) is 4.28. The molecule has 0 amide bonds. The molecule has 0 aromatic carbocycles. The van der Waals surface area contributed by atoms with Crippen LogP contribution in [0.1, 0.15) is 18.7 Å². The fourth-order valence-electron chi connectivity index (χ4n) is 0.979. The molecule has 0 unspecified atom stereocenters. The van der Waals surface area contributed by atoms with Crippen molar-refractivity contribution in [1.82, 2.24) is 15.2 Å². The lowest BCUT2D eigenvalue weighted by Gasteiger charge is -2.32. The first-order valence-corrected chi connectivity index (χ1v) is 5.66. The fraction of sp³-hybridized carbons (Fsp3) is 0.700. The molecule has 0 aliphatic carbocycles. The normalized spacial score (nSPS) is 12.4. The van der Waals surface area contributed by atoms with Crippen LogP contribution in [0.4, 0.5) is 0 Å². The molecule has 0 saturated heterocycles. The molecule has 4 heteroatoms. The Morgan fingerprint density at radius 1 is 1.50 bits per heavy atom. The molecule has 1 heterocycles. The van der Waals surface area contributed by atoms with Crippen molar-refractivity contribution in [3.8, 4) is 0 Å².